The fourth-order valence-corrected chi connectivity index (χ4v) is 1.29. The average molecular weight is 215 g/mol. The monoisotopic (exact) mass is 215 g/mol. The van der Waals surface area contributed by atoms with Gasteiger partial charge < -0.3 is 0 Å². The zero-order valence-corrected chi connectivity index (χ0v) is 7.35. The van der Waals surface area contributed by atoms with Crippen molar-refractivity contribution >= 4 is 10.8 Å². The van der Waals surface area contributed by atoms with Crippen LogP contribution in [0.4, 0.5) is 17.6 Å². The number of pyridine rings is 1. The summed E-state index contributed by atoms with van der Waals surface area (Å²) in [7, 11) is 0. The van der Waals surface area contributed by atoms with E-state index in [9.17, 15) is 17.6 Å². The van der Waals surface area contributed by atoms with Gasteiger partial charge in [0.2, 0.25) is 0 Å². The number of nitrogens with zero attached hydrogens (tertiary/aromatic N) is 1. The zero-order valence-electron chi connectivity index (χ0n) is 7.35. The van der Waals surface area contributed by atoms with E-state index in [0.29, 0.717) is 0 Å². The summed E-state index contributed by atoms with van der Waals surface area (Å²) in [6, 6.07) is 4.78. The summed E-state index contributed by atoms with van der Waals surface area (Å²) < 4.78 is 49.9. The van der Waals surface area contributed by atoms with Gasteiger partial charge in [0.15, 0.2) is 0 Å². The van der Waals surface area contributed by atoms with Crippen molar-refractivity contribution in [1.29, 1.82) is 0 Å². The molecule has 1 nitrogen and oxygen atoms in total. The molecule has 0 radical (unpaired) electrons. The molecule has 0 bridgehead atoms. The topological polar surface area (TPSA) is 12.9 Å². The largest absolute Gasteiger partial charge is 0.433 e. The number of rotatable bonds is 0. The van der Waals surface area contributed by atoms with Crippen LogP contribution in [-0.4, -0.2) is 4.98 Å². The van der Waals surface area contributed by atoms with E-state index in [0.717, 1.165) is 12.3 Å². The van der Waals surface area contributed by atoms with Crippen molar-refractivity contribution in [2.45, 2.75) is 6.18 Å². The molecule has 1 heterocycles. The molecule has 0 atom stereocenters. The van der Waals surface area contributed by atoms with Gasteiger partial charge in [-0.05, 0) is 17.5 Å². The summed E-state index contributed by atoms with van der Waals surface area (Å²) in [6.07, 6.45) is -3.60. The van der Waals surface area contributed by atoms with Crippen molar-refractivity contribution < 1.29 is 17.6 Å². The van der Waals surface area contributed by atoms with E-state index in [1.54, 1.807) is 0 Å². The van der Waals surface area contributed by atoms with Gasteiger partial charge in [-0.1, -0.05) is 12.1 Å². The highest BCUT2D eigenvalue weighted by Gasteiger charge is 2.32. The van der Waals surface area contributed by atoms with Crippen LogP contribution in [0.15, 0.2) is 30.5 Å². The van der Waals surface area contributed by atoms with Gasteiger partial charge in [-0.2, -0.15) is 13.2 Å². The molecule has 5 heteroatoms. The smallest absolute Gasteiger partial charge is 0.251 e. The number of halogens is 4. The van der Waals surface area contributed by atoms with Crippen molar-refractivity contribution in [3.05, 3.63) is 42.0 Å². The van der Waals surface area contributed by atoms with Crippen LogP contribution in [0.3, 0.4) is 0 Å². The van der Waals surface area contributed by atoms with Gasteiger partial charge in [-0.3, -0.25) is 4.98 Å². The third-order valence-corrected chi connectivity index (χ3v) is 2.00. The number of benzene rings is 1. The number of hydrogen-bond acceptors (Lipinski definition) is 1. The summed E-state index contributed by atoms with van der Waals surface area (Å²) in [6.45, 7) is 0. The molecule has 0 aliphatic rings. The second-order valence-electron chi connectivity index (χ2n) is 3.03. The molecule has 0 amide bonds. The molecule has 2 rings (SSSR count). The Morgan fingerprint density at radius 1 is 1.13 bits per heavy atom. The quantitative estimate of drug-likeness (QED) is 0.614. The molecule has 1 aromatic carbocycles. The standard InChI is InChI=1S/C10H5F4N/c11-8-3-1-2-6-4-9(10(12,13)14)15-5-7(6)8/h1-5H. The highest BCUT2D eigenvalue weighted by Crippen LogP contribution is 2.29. The molecule has 0 aliphatic heterocycles. The van der Waals surface area contributed by atoms with E-state index in [-0.39, 0.29) is 10.8 Å². The van der Waals surface area contributed by atoms with Gasteiger partial charge in [0, 0.05) is 11.6 Å². The maximum absolute atomic E-state index is 13.1. The van der Waals surface area contributed by atoms with Gasteiger partial charge in [-0.25, -0.2) is 4.39 Å². The molecule has 0 saturated carbocycles. The second-order valence-corrected chi connectivity index (χ2v) is 3.03. The first-order valence-electron chi connectivity index (χ1n) is 4.10. The van der Waals surface area contributed by atoms with E-state index in [1.165, 1.54) is 18.2 Å². The predicted molar refractivity (Wildman–Crippen MR) is 46.7 cm³/mol. The van der Waals surface area contributed by atoms with Crippen molar-refractivity contribution in [3.63, 3.8) is 0 Å². The Hall–Kier alpha value is -1.65. The Balaban J connectivity index is 2.68. The lowest BCUT2D eigenvalue weighted by Crippen LogP contribution is -2.07. The summed E-state index contributed by atoms with van der Waals surface area (Å²) in [5, 5.41) is 0.280. The normalized spacial score (nSPS) is 12.0. The Kier molecular flexibility index (Phi) is 2.10. The van der Waals surface area contributed by atoms with E-state index in [2.05, 4.69) is 4.98 Å². The van der Waals surface area contributed by atoms with Crippen molar-refractivity contribution in [3.8, 4) is 0 Å². The molecular formula is C10H5F4N. The molecule has 78 valence electrons. The highest BCUT2D eigenvalue weighted by molar-refractivity contribution is 5.82. The summed E-state index contributed by atoms with van der Waals surface area (Å²) in [5.74, 6) is -0.575. The third kappa shape index (κ3) is 1.77. The Morgan fingerprint density at radius 2 is 1.87 bits per heavy atom. The lowest BCUT2D eigenvalue weighted by molar-refractivity contribution is -0.141. The first-order chi connectivity index (χ1) is 6.98. The molecule has 1 aromatic heterocycles. The van der Waals surface area contributed by atoms with Crippen LogP contribution in [0.5, 0.6) is 0 Å². The molecule has 2 aromatic rings. The molecule has 0 unspecified atom stereocenters. The Bertz CT molecular complexity index is 504. The van der Waals surface area contributed by atoms with Gasteiger partial charge in [0.25, 0.3) is 0 Å². The minimum atomic E-state index is -4.50. The Labute approximate surface area is 82.4 Å². The molecule has 15 heavy (non-hydrogen) atoms. The van der Waals surface area contributed by atoms with Crippen LogP contribution in [0, 0.1) is 5.82 Å². The van der Waals surface area contributed by atoms with Gasteiger partial charge >= 0.3 is 6.18 Å². The SMILES string of the molecule is Fc1cccc2cc(C(F)(F)F)ncc12. The summed E-state index contributed by atoms with van der Waals surface area (Å²) >= 11 is 0. The highest BCUT2D eigenvalue weighted by atomic mass is 19.4. The van der Waals surface area contributed by atoms with Crippen LogP contribution in [0.2, 0.25) is 0 Å². The minimum absolute atomic E-state index is 0.0884. The lowest BCUT2D eigenvalue weighted by Gasteiger charge is -2.06. The van der Waals surface area contributed by atoms with Crippen LogP contribution >= 0.6 is 0 Å². The van der Waals surface area contributed by atoms with Crippen molar-refractivity contribution in [2.75, 3.05) is 0 Å². The lowest BCUT2D eigenvalue weighted by atomic mass is 10.1. The van der Waals surface area contributed by atoms with Crippen molar-refractivity contribution in [1.82, 2.24) is 4.98 Å². The number of alkyl halides is 3. The van der Waals surface area contributed by atoms with Gasteiger partial charge in [-0.15, -0.1) is 0 Å². The average Bonchev–Trinajstić information content (AvgIpc) is 2.16. The third-order valence-electron chi connectivity index (χ3n) is 2.00. The fourth-order valence-electron chi connectivity index (χ4n) is 1.29. The molecule has 0 fully saturated rings. The number of fused-ring (bicyclic) bond motifs is 1. The van der Waals surface area contributed by atoms with E-state index >= 15 is 0 Å². The molecule has 0 spiro atoms. The number of aromatic nitrogens is 1. The van der Waals surface area contributed by atoms with Crippen LogP contribution in [0.1, 0.15) is 5.69 Å². The maximum Gasteiger partial charge on any atom is 0.433 e. The van der Waals surface area contributed by atoms with E-state index in [4.69, 9.17) is 0 Å². The summed E-state index contributed by atoms with van der Waals surface area (Å²) in [5.41, 5.74) is -1.01. The zero-order chi connectivity index (χ0) is 11.1. The Morgan fingerprint density at radius 3 is 2.53 bits per heavy atom. The summed E-state index contributed by atoms with van der Waals surface area (Å²) in [4.78, 5) is 3.17. The maximum atomic E-state index is 13.1. The number of hydrogen-bond donors (Lipinski definition) is 0. The second kappa shape index (κ2) is 3.18. The van der Waals surface area contributed by atoms with Crippen LogP contribution in [-0.2, 0) is 6.18 Å². The molecule has 0 saturated heterocycles. The molecule has 0 N–H and O–H groups in total. The van der Waals surface area contributed by atoms with Crippen molar-refractivity contribution in [2.24, 2.45) is 0 Å². The van der Waals surface area contributed by atoms with E-state index in [1.807, 2.05) is 0 Å². The first-order valence-corrected chi connectivity index (χ1v) is 4.10. The first kappa shape index (κ1) is 9.89. The van der Waals surface area contributed by atoms with Crippen LogP contribution < -0.4 is 0 Å². The predicted octanol–water partition coefficient (Wildman–Crippen LogP) is 3.39. The van der Waals surface area contributed by atoms with Gasteiger partial charge in [0.1, 0.15) is 11.5 Å². The van der Waals surface area contributed by atoms with E-state index < -0.39 is 17.7 Å². The fraction of sp³-hybridized carbons (Fsp3) is 0.100. The minimum Gasteiger partial charge on any atom is -0.251 e. The van der Waals surface area contributed by atoms with Gasteiger partial charge in [0.05, 0.1) is 0 Å². The van der Waals surface area contributed by atoms with Crippen LogP contribution in [0.25, 0.3) is 10.8 Å². The molecular weight excluding hydrogens is 210 g/mol. The molecule has 0 aliphatic carbocycles.